The molecule has 2 heterocycles. The summed E-state index contributed by atoms with van der Waals surface area (Å²) in [7, 11) is 0. The van der Waals surface area contributed by atoms with E-state index < -0.39 is 0 Å². The van der Waals surface area contributed by atoms with Crippen LogP contribution in [0.1, 0.15) is 15.9 Å². The Morgan fingerprint density at radius 2 is 1.81 bits per heavy atom. The second kappa shape index (κ2) is 7.19. The van der Waals surface area contributed by atoms with Crippen molar-refractivity contribution in [3.05, 3.63) is 65.7 Å². The second-order valence-corrected chi connectivity index (χ2v) is 6.61. The van der Waals surface area contributed by atoms with Gasteiger partial charge in [0.1, 0.15) is 5.82 Å². The quantitative estimate of drug-likeness (QED) is 0.773. The molecule has 6 nitrogen and oxygen atoms in total. The molecule has 0 bridgehead atoms. The number of hydrogen-bond donors (Lipinski definition) is 1. The predicted octanol–water partition coefficient (Wildman–Crippen LogP) is 2.23. The highest BCUT2D eigenvalue weighted by atomic mass is 19.1. The van der Waals surface area contributed by atoms with Crippen LogP contribution < -0.4 is 0 Å². The lowest BCUT2D eigenvalue weighted by molar-refractivity contribution is -0.131. The molecule has 0 saturated carbocycles. The minimum atomic E-state index is -0.343. The van der Waals surface area contributed by atoms with Gasteiger partial charge in [0.15, 0.2) is 0 Å². The number of aromatic nitrogens is 2. The molecule has 138 valence electrons. The van der Waals surface area contributed by atoms with Crippen molar-refractivity contribution in [2.75, 3.05) is 26.2 Å². The molecular weight excluding hydrogens is 347 g/mol. The first-order chi connectivity index (χ1) is 13.1. The molecule has 1 aromatic heterocycles. The van der Waals surface area contributed by atoms with Crippen molar-refractivity contribution in [1.82, 2.24) is 19.8 Å². The predicted molar refractivity (Wildman–Crippen MR) is 98.7 cm³/mol. The summed E-state index contributed by atoms with van der Waals surface area (Å²) in [6.45, 7) is 1.92. The van der Waals surface area contributed by atoms with E-state index in [9.17, 15) is 14.0 Å². The Balaban J connectivity index is 1.36. The zero-order valence-electron chi connectivity index (χ0n) is 14.7. The zero-order chi connectivity index (χ0) is 18.8. The average molecular weight is 366 g/mol. The first kappa shape index (κ1) is 17.2. The molecule has 0 atom stereocenters. The van der Waals surface area contributed by atoms with Gasteiger partial charge in [0.25, 0.3) is 5.91 Å². The van der Waals surface area contributed by atoms with Crippen molar-refractivity contribution in [2.45, 2.75) is 6.42 Å². The number of nitrogens with zero attached hydrogens (tertiary/aromatic N) is 3. The van der Waals surface area contributed by atoms with Gasteiger partial charge in [-0.2, -0.15) is 0 Å². The first-order valence-corrected chi connectivity index (χ1v) is 8.85. The topological polar surface area (TPSA) is 69.3 Å². The lowest BCUT2D eigenvalue weighted by Crippen LogP contribution is -2.51. The number of amides is 2. The minimum Gasteiger partial charge on any atom is -0.345 e. The number of nitrogens with one attached hydrogen (secondary N) is 1. The van der Waals surface area contributed by atoms with Gasteiger partial charge in [0.05, 0.1) is 23.8 Å². The third-order valence-corrected chi connectivity index (χ3v) is 4.83. The van der Waals surface area contributed by atoms with Crippen LogP contribution in [0.5, 0.6) is 0 Å². The van der Waals surface area contributed by atoms with Crippen LogP contribution in [0.15, 0.2) is 48.8 Å². The van der Waals surface area contributed by atoms with Crippen LogP contribution in [0.2, 0.25) is 0 Å². The van der Waals surface area contributed by atoms with E-state index in [1.54, 1.807) is 40.4 Å². The molecule has 1 N–H and O–H groups in total. The van der Waals surface area contributed by atoms with Crippen molar-refractivity contribution in [3.63, 3.8) is 0 Å². The molecule has 4 rings (SSSR count). The van der Waals surface area contributed by atoms with Crippen LogP contribution in [0.3, 0.4) is 0 Å². The molecule has 2 aromatic carbocycles. The molecule has 1 saturated heterocycles. The molecule has 3 aromatic rings. The van der Waals surface area contributed by atoms with Crippen LogP contribution in [-0.4, -0.2) is 57.8 Å². The van der Waals surface area contributed by atoms with Crippen LogP contribution >= 0.6 is 0 Å². The number of carbonyl (C=O) groups excluding carboxylic acids is 2. The summed E-state index contributed by atoms with van der Waals surface area (Å²) in [5.74, 6) is -0.444. The fourth-order valence-corrected chi connectivity index (χ4v) is 3.34. The summed E-state index contributed by atoms with van der Waals surface area (Å²) in [5, 5.41) is 0. The number of rotatable bonds is 3. The second-order valence-electron chi connectivity index (χ2n) is 6.61. The Morgan fingerprint density at radius 1 is 1.04 bits per heavy atom. The molecular formula is C20H19FN4O2. The van der Waals surface area contributed by atoms with Gasteiger partial charge in [0.2, 0.25) is 5.91 Å². The number of hydrogen-bond acceptors (Lipinski definition) is 3. The van der Waals surface area contributed by atoms with Gasteiger partial charge in [-0.05, 0) is 35.9 Å². The fraction of sp³-hybridized carbons (Fsp3) is 0.250. The molecule has 2 amide bonds. The largest absolute Gasteiger partial charge is 0.345 e. The number of aromatic amines is 1. The van der Waals surface area contributed by atoms with Crippen molar-refractivity contribution < 1.29 is 14.0 Å². The van der Waals surface area contributed by atoms with Gasteiger partial charge >= 0.3 is 0 Å². The molecule has 1 aliphatic heterocycles. The third kappa shape index (κ3) is 3.67. The summed E-state index contributed by atoms with van der Waals surface area (Å²) in [4.78, 5) is 35.8. The van der Waals surface area contributed by atoms with Crippen LogP contribution in [0, 0.1) is 5.82 Å². The third-order valence-electron chi connectivity index (χ3n) is 4.83. The van der Waals surface area contributed by atoms with Crippen LogP contribution in [-0.2, 0) is 11.2 Å². The molecule has 0 aliphatic carbocycles. The van der Waals surface area contributed by atoms with E-state index in [1.807, 2.05) is 6.07 Å². The SMILES string of the molecule is O=C(Cc1cccc(F)c1)N1CCN(C(=O)c2ccc3nc[nH]c3c2)CC1. The normalized spacial score (nSPS) is 14.6. The maximum absolute atomic E-state index is 13.3. The number of H-pyrrole nitrogens is 1. The summed E-state index contributed by atoms with van der Waals surface area (Å²) in [6.07, 6.45) is 1.77. The summed E-state index contributed by atoms with van der Waals surface area (Å²) >= 11 is 0. The molecule has 1 fully saturated rings. The van der Waals surface area contributed by atoms with Crippen molar-refractivity contribution in [3.8, 4) is 0 Å². The van der Waals surface area contributed by atoms with Gasteiger partial charge in [0, 0.05) is 31.7 Å². The monoisotopic (exact) mass is 366 g/mol. The Kier molecular flexibility index (Phi) is 4.58. The molecule has 0 unspecified atom stereocenters. The Labute approximate surface area is 155 Å². The number of carbonyl (C=O) groups is 2. The van der Waals surface area contributed by atoms with E-state index in [1.165, 1.54) is 12.1 Å². The number of halogens is 1. The van der Waals surface area contributed by atoms with E-state index >= 15 is 0 Å². The highest BCUT2D eigenvalue weighted by Gasteiger charge is 2.25. The van der Waals surface area contributed by atoms with Crippen LogP contribution in [0.4, 0.5) is 4.39 Å². The van der Waals surface area contributed by atoms with Gasteiger partial charge in [-0.15, -0.1) is 0 Å². The van der Waals surface area contributed by atoms with E-state index in [2.05, 4.69) is 9.97 Å². The number of piperazine rings is 1. The smallest absolute Gasteiger partial charge is 0.254 e. The van der Waals surface area contributed by atoms with Gasteiger partial charge in [-0.3, -0.25) is 9.59 Å². The average Bonchev–Trinajstić information content (AvgIpc) is 3.15. The molecule has 0 radical (unpaired) electrons. The van der Waals surface area contributed by atoms with Gasteiger partial charge in [-0.25, -0.2) is 9.37 Å². The number of benzene rings is 2. The summed E-state index contributed by atoms with van der Waals surface area (Å²) in [6, 6.07) is 11.5. The fourth-order valence-electron chi connectivity index (χ4n) is 3.34. The van der Waals surface area contributed by atoms with Crippen LogP contribution in [0.25, 0.3) is 11.0 Å². The van der Waals surface area contributed by atoms with Crippen molar-refractivity contribution in [1.29, 1.82) is 0 Å². The zero-order valence-corrected chi connectivity index (χ0v) is 14.7. The number of imidazole rings is 1. The van der Waals surface area contributed by atoms with E-state index in [0.717, 1.165) is 11.0 Å². The standard InChI is InChI=1S/C20H19FN4O2/c21-16-3-1-2-14(10-16)11-19(26)24-6-8-25(9-7-24)20(27)15-4-5-17-18(12-15)23-13-22-17/h1-5,10,12-13H,6-9,11H2,(H,22,23). The van der Waals surface area contributed by atoms with Crippen molar-refractivity contribution >= 4 is 22.8 Å². The van der Waals surface area contributed by atoms with Crippen molar-refractivity contribution in [2.24, 2.45) is 0 Å². The number of fused-ring (bicyclic) bond motifs is 1. The van der Waals surface area contributed by atoms with E-state index in [4.69, 9.17) is 0 Å². The lowest BCUT2D eigenvalue weighted by Gasteiger charge is -2.35. The maximum Gasteiger partial charge on any atom is 0.254 e. The van der Waals surface area contributed by atoms with E-state index in [0.29, 0.717) is 37.3 Å². The highest BCUT2D eigenvalue weighted by Crippen LogP contribution is 2.15. The molecule has 27 heavy (non-hydrogen) atoms. The van der Waals surface area contributed by atoms with Gasteiger partial charge in [-0.1, -0.05) is 12.1 Å². The Hall–Kier alpha value is -3.22. The van der Waals surface area contributed by atoms with Gasteiger partial charge < -0.3 is 14.8 Å². The molecule has 1 aliphatic rings. The summed E-state index contributed by atoms with van der Waals surface area (Å²) < 4.78 is 13.3. The summed E-state index contributed by atoms with van der Waals surface area (Å²) in [5.41, 5.74) is 2.90. The lowest BCUT2D eigenvalue weighted by atomic mass is 10.1. The molecule has 0 spiro atoms. The minimum absolute atomic E-state index is 0.0495. The highest BCUT2D eigenvalue weighted by molar-refractivity contribution is 5.97. The maximum atomic E-state index is 13.3. The first-order valence-electron chi connectivity index (χ1n) is 8.85. The molecule has 7 heteroatoms. The van der Waals surface area contributed by atoms with E-state index in [-0.39, 0.29) is 24.1 Å². The Morgan fingerprint density at radius 3 is 2.59 bits per heavy atom. The Bertz CT molecular complexity index is 992.